The Morgan fingerprint density at radius 1 is 1.17 bits per heavy atom. The maximum atomic E-state index is 5.93. The van der Waals surface area contributed by atoms with Gasteiger partial charge in [-0.2, -0.15) is 0 Å². The second-order valence-electron chi connectivity index (χ2n) is 6.64. The molecule has 5 N–H and O–H groups in total. The number of anilines is 2. The third-order valence-corrected chi connectivity index (χ3v) is 4.68. The van der Waals surface area contributed by atoms with Crippen LogP contribution >= 0.6 is 0 Å². The highest BCUT2D eigenvalue weighted by atomic mass is 15.0. The molecule has 2 aliphatic rings. The minimum Gasteiger partial charge on any atom is -0.383 e. The normalized spacial score (nSPS) is 23.3. The highest BCUT2D eigenvalue weighted by Gasteiger charge is 2.32. The molecule has 0 aromatic carbocycles. The molecule has 4 rings (SSSR count). The number of nitrogens with zero attached hydrogens (tertiary/aromatic N) is 3. The molecule has 0 spiro atoms. The number of hydrogen-bond donors (Lipinski definition) is 3. The second kappa shape index (κ2) is 5.77. The standard InChI is InChI=1S/C17H22N6/c18-13-6-12(7-13)14-8-15(23-17(22-14)10-3-4-10)21-9-11-2-1-5-20-16(11)19/h1-2,5,8,10,12-13H,3-4,6-7,9,18H2,(H2,19,20)(H,21,22,23). The van der Waals surface area contributed by atoms with Gasteiger partial charge in [-0.3, -0.25) is 0 Å². The van der Waals surface area contributed by atoms with Crippen molar-refractivity contribution in [3.63, 3.8) is 0 Å². The van der Waals surface area contributed by atoms with Crippen LogP contribution in [-0.4, -0.2) is 21.0 Å². The molecule has 6 nitrogen and oxygen atoms in total. The second-order valence-corrected chi connectivity index (χ2v) is 6.64. The maximum absolute atomic E-state index is 5.93. The molecule has 120 valence electrons. The van der Waals surface area contributed by atoms with Gasteiger partial charge < -0.3 is 16.8 Å². The smallest absolute Gasteiger partial charge is 0.134 e. The van der Waals surface area contributed by atoms with E-state index in [4.69, 9.17) is 16.5 Å². The van der Waals surface area contributed by atoms with Crippen LogP contribution in [0.4, 0.5) is 11.6 Å². The summed E-state index contributed by atoms with van der Waals surface area (Å²) in [6, 6.07) is 6.26. The van der Waals surface area contributed by atoms with Crippen molar-refractivity contribution in [1.29, 1.82) is 0 Å². The van der Waals surface area contributed by atoms with Gasteiger partial charge in [0.2, 0.25) is 0 Å². The average Bonchev–Trinajstić information content (AvgIpc) is 3.36. The third kappa shape index (κ3) is 3.12. The van der Waals surface area contributed by atoms with E-state index in [9.17, 15) is 0 Å². The van der Waals surface area contributed by atoms with Gasteiger partial charge in [0.25, 0.3) is 0 Å². The van der Waals surface area contributed by atoms with E-state index in [1.807, 2.05) is 12.1 Å². The molecular weight excluding hydrogens is 288 g/mol. The van der Waals surface area contributed by atoms with E-state index in [-0.39, 0.29) is 0 Å². The van der Waals surface area contributed by atoms with Crippen LogP contribution in [0.1, 0.15) is 54.6 Å². The first kappa shape index (κ1) is 14.4. The first-order valence-electron chi connectivity index (χ1n) is 8.26. The lowest BCUT2D eigenvalue weighted by Gasteiger charge is -2.32. The minimum atomic E-state index is 0.325. The van der Waals surface area contributed by atoms with E-state index in [1.165, 1.54) is 12.8 Å². The van der Waals surface area contributed by atoms with E-state index in [0.717, 1.165) is 35.7 Å². The van der Waals surface area contributed by atoms with Gasteiger partial charge in [-0.1, -0.05) is 6.07 Å². The quantitative estimate of drug-likeness (QED) is 0.782. The maximum Gasteiger partial charge on any atom is 0.134 e. The van der Waals surface area contributed by atoms with Crippen molar-refractivity contribution >= 4 is 11.6 Å². The van der Waals surface area contributed by atoms with Crippen molar-refractivity contribution in [1.82, 2.24) is 15.0 Å². The van der Waals surface area contributed by atoms with Crippen LogP contribution in [0.5, 0.6) is 0 Å². The molecule has 2 aliphatic carbocycles. The van der Waals surface area contributed by atoms with Gasteiger partial charge in [-0.05, 0) is 31.7 Å². The number of nitrogens with two attached hydrogens (primary N) is 2. The molecule has 2 heterocycles. The number of nitrogen functional groups attached to an aromatic ring is 1. The summed E-state index contributed by atoms with van der Waals surface area (Å²) in [5.74, 6) is 3.43. The Balaban J connectivity index is 1.54. The molecule has 2 saturated carbocycles. The van der Waals surface area contributed by atoms with Crippen LogP contribution in [0.2, 0.25) is 0 Å². The zero-order chi connectivity index (χ0) is 15.8. The zero-order valence-electron chi connectivity index (χ0n) is 13.1. The monoisotopic (exact) mass is 310 g/mol. The summed E-state index contributed by atoms with van der Waals surface area (Å²) in [5.41, 5.74) is 13.9. The van der Waals surface area contributed by atoms with Crippen LogP contribution in [0.15, 0.2) is 24.4 Å². The number of rotatable bonds is 5. The zero-order valence-corrected chi connectivity index (χ0v) is 13.1. The highest BCUT2D eigenvalue weighted by molar-refractivity contribution is 5.44. The van der Waals surface area contributed by atoms with Crippen molar-refractivity contribution in [2.45, 2.75) is 50.1 Å². The summed E-state index contributed by atoms with van der Waals surface area (Å²) in [5, 5.41) is 3.38. The fourth-order valence-corrected chi connectivity index (χ4v) is 3.00. The highest BCUT2D eigenvalue weighted by Crippen LogP contribution is 2.41. The number of nitrogens with one attached hydrogen (secondary N) is 1. The predicted molar refractivity (Wildman–Crippen MR) is 89.9 cm³/mol. The van der Waals surface area contributed by atoms with Crippen molar-refractivity contribution in [2.24, 2.45) is 5.73 Å². The largest absolute Gasteiger partial charge is 0.383 e. The average molecular weight is 310 g/mol. The molecule has 23 heavy (non-hydrogen) atoms. The molecule has 0 unspecified atom stereocenters. The molecule has 0 radical (unpaired) electrons. The molecule has 0 bridgehead atoms. The predicted octanol–water partition coefficient (Wildman–Crippen LogP) is 2.15. The van der Waals surface area contributed by atoms with E-state index in [2.05, 4.69) is 21.4 Å². The van der Waals surface area contributed by atoms with E-state index in [0.29, 0.717) is 30.2 Å². The molecule has 2 aromatic heterocycles. The number of aromatic nitrogens is 3. The first-order valence-corrected chi connectivity index (χ1v) is 8.26. The lowest BCUT2D eigenvalue weighted by molar-refractivity contribution is 0.344. The van der Waals surface area contributed by atoms with E-state index < -0.39 is 0 Å². The minimum absolute atomic E-state index is 0.325. The topological polar surface area (TPSA) is 103 Å². The summed E-state index contributed by atoms with van der Waals surface area (Å²) in [6.45, 7) is 0.615. The van der Waals surface area contributed by atoms with Gasteiger partial charge in [0.15, 0.2) is 0 Å². The van der Waals surface area contributed by atoms with Crippen LogP contribution in [0.3, 0.4) is 0 Å². The van der Waals surface area contributed by atoms with Crippen molar-refractivity contribution < 1.29 is 0 Å². The van der Waals surface area contributed by atoms with Gasteiger partial charge in [0.05, 0.1) is 0 Å². The fraction of sp³-hybridized carbons (Fsp3) is 0.471. The van der Waals surface area contributed by atoms with Crippen LogP contribution < -0.4 is 16.8 Å². The Kier molecular flexibility index (Phi) is 3.61. The van der Waals surface area contributed by atoms with Gasteiger partial charge in [0, 0.05) is 47.9 Å². The van der Waals surface area contributed by atoms with Crippen molar-refractivity contribution in [2.75, 3.05) is 11.1 Å². The molecule has 2 fully saturated rings. The van der Waals surface area contributed by atoms with Gasteiger partial charge >= 0.3 is 0 Å². The van der Waals surface area contributed by atoms with Crippen LogP contribution in [0, 0.1) is 0 Å². The molecule has 2 aromatic rings. The molecule has 0 aliphatic heterocycles. The molecule has 0 atom stereocenters. The van der Waals surface area contributed by atoms with Crippen molar-refractivity contribution in [3.05, 3.63) is 41.5 Å². The lowest BCUT2D eigenvalue weighted by atomic mass is 9.78. The Hall–Kier alpha value is -2.21. The van der Waals surface area contributed by atoms with E-state index in [1.54, 1.807) is 6.20 Å². The Labute approximate surface area is 135 Å². The number of pyridine rings is 1. The van der Waals surface area contributed by atoms with E-state index >= 15 is 0 Å². The van der Waals surface area contributed by atoms with Gasteiger partial charge in [-0.15, -0.1) is 0 Å². The Bertz CT molecular complexity index is 706. The van der Waals surface area contributed by atoms with Crippen LogP contribution in [0.25, 0.3) is 0 Å². The first-order chi connectivity index (χ1) is 11.2. The summed E-state index contributed by atoms with van der Waals surface area (Å²) >= 11 is 0. The lowest BCUT2D eigenvalue weighted by Crippen LogP contribution is -2.35. The summed E-state index contributed by atoms with van der Waals surface area (Å²) in [7, 11) is 0. The Morgan fingerprint density at radius 2 is 2.00 bits per heavy atom. The molecule has 0 saturated heterocycles. The van der Waals surface area contributed by atoms with Gasteiger partial charge in [-0.25, -0.2) is 15.0 Å². The molecule has 0 amide bonds. The number of hydrogen-bond acceptors (Lipinski definition) is 6. The third-order valence-electron chi connectivity index (χ3n) is 4.68. The SMILES string of the molecule is Nc1ncccc1CNc1cc(C2CC(N)C2)nc(C2CC2)n1. The molecular formula is C17H22N6. The van der Waals surface area contributed by atoms with Crippen LogP contribution in [-0.2, 0) is 6.54 Å². The van der Waals surface area contributed by atoms with Gasteiger partial charge in [0.1, 0.15) is 17.5 Å². The Morgan fingerprint density at radius 3 is 2.70 bits per heavy atom. The summed E-state index contributed by atoms with van der Waals surface area (Å²) in [4.78, 5) is 13.6. The fourth-order valence-electron chi connectivity index (χ4n) is 3.00. The summed E-state index contributed by atoms with van der Waals surface area (Å²) in [6.07, 6.45) is 6.14. The summed E-state index contributed by atoms with van der Waals surface area (Å²) < 4.78 is 0. The molecule has 6 heteroatoms. The van der Waals surface area contributed by atoms with Crippen molar-refractivity contribution in [3.8, 4) is 0 Å².